The van der Waals surface area contributed by atoms with Gasteiger partial charge >= 0.3 is 0 Å². The minimum atomic E-state index is -0.0880. The molecular formula is C14H26N4O2. The standard InChI is InChI=1S/C14H26N4O2/c1-17(2)6-7-18-14(12(19-3)9-16-18)13(15)11-5-4-8-20-10-11/h9,11,13H,4-8,10,15H2,1-3H3. The van der Waals surface area contributed by atoms with E-state index >= 15 is 0 Å². The molecule has 0 aliphatic carbocycles. The molecule has 1 aliphatic heterocycles. The molecular weight excluding hydrogens is 256 g/mol. The number of hydrogen-bond acceptors (Lipinski definition) is 5. The molecule has 0 aromatic carbocycles. The van der Waals surface area contributed by atoms with Gasteiger partial charge in [0.15, 0.2) is 5.75 Å². The van der Waals surface area contributed by atoms with E-state index in [1.54, 1.807) is 13.3 Å². The molecule has 20 heavy (non-hydrogen) atoms. The van der Waals surface area contributed by atoms with Crippen LogP contribution in [0.15, 0.2) is 6.20 Å². The van der Waals surface area contributed by atoms with Gasteiger partial charge in [-0.2, -0.15) is 5.10 Å². The van der Waals surface area contributed by atoms with E-state index < -0.39 is 0 Å². The van der Waals surface area contributed by atoms with Gasteiger partial charge in [-0.15, -0.1) is 0 Å². The van der Waals surface area contributed by atoms with Crippen LogP contribution in [0, 0.1) is 5.92 Å². The number of rotatable bonds is 6. The Morgan fingerprint density at radius 3 is 3.00 bits per heavy atom. The molecule has 1 fully saturated rings. The molecule has 1 aromatic heterocycles. The lowest BCUT2D eigenvalue weighted by molar-refractivity contribution is 0.0432. The monoisotopic (exact) mass is 282 g/mol. The molecule has 6 nitrogen and oxygen atoms in total. The molecule has 0 amide bonds. The Morgan fingerprint density at radius 2 is 2.40 bits per heavy atom. The molecule has 2 N–H and O–H groups in total. The number of hydrogen-bond donors (Lipinski definition) is 1. The summed E-state index contributed by atoms with van der Waals surface area (Å²) in [6.07, 6.45) is 3.93. The Kier molecular flexibility index (Phi) is 5.39. The minimum Gasteiger partial charge on any atom is -0.493 e. The van der Waals surface area contributed by atoms with Crippen molar-refractivity contribution in [1.29, 1.82) is 0 Å². The zero-order valence-electron chi connectivity index (χ0n) is 12.7. The molecule has 0 spiro atoms. The Balaban J connectivity index is 2.16. The second-order valence-electron chi connectivity index (χ2n) is 5.63. The summed E-state index contributed by atoms with van der Waals surface area (Å²) >= 11 is 0. The third-order valence-corrected chi connectivity index (χ3v) is 3.84. The summed E-state index contributed by atoms with van der Waals surface area (Å²) in [4.78, 5) is 2.13. The fourth-order valence-corrected chi connectivity index (χ4v) is 2.62. The second kappa shape index (κ2) is 7.06. The first kappa shape index (κ1) is 15.3. The van der Waals surface area contributed by atoms with E-state index in [1.165, 1.54) is 0 Å². The summed E-state index contributed by atoms with van der Waals surface area (Å²) in [6, 6.07) is -0.0880. The highest BCUT2D eigenvalue weighted by Crippen LogP contribution is 2.32. The van der Waals surface area contributed by atoms with Gasteiger partial charge in [-0.25, -0.2) is 0 Å². The van der Waals surface area contributed by atoms with Gasteiger partial charge in [0, 0.05) is 19.1 Å². The number of aromatic nitrogens is 2. The van der Waals surface area contributed by atoms with Crippen LogP contribution in [-0.2, 0) is 11.3 Å². The van der Waals surface area contributed by atoms with Gasteiger partial charge in [0.05, 0.1) is 38.2 Å². The lowest BCUT2D eigenvalue weighted by Gasteiger charge is -2.28. The second-order valence-corrected chi connectivity index (χ2v) is 5.63. The van der Waals surface area contributed by atoms with Crippen LogP contribution in [0.2, 0.25) is 0 Å². The molecule has 1 aliphatic rings. The van der Waals surface area contributed by atoms with Crippen molar-refractivity contribution in [3.05, 3.63) is 11.9 Å². The first-order valence-corrected chi connectivity index (χ1v) is 7.21. The Hall–Kier alpha value is -1.11. The van der Waals surface area contributed by atoms with Crippen LogP contribution in [0.25, 0.3) is 0 Å². The van der Waals surface area contributed by atoms with Crippen LogP contribution in [0.3, 0.4) is 0 Å². The molecule has 114 valence electrons. The summed E-state index contributed by atoms with van der Waals surface area (Å²) in [6.45, 7) is 3.31. The molecule has 0 saturated carbocycles. The number of nitrogens with zero attached hydrogens (tertiary/aromatic N) is 3. The van der Waals surface area contributed by atoms with Gasteiger partial charge in [0.25, 0.3) is 0 Å². The fourth-order valence-electron chi connectivity index (χ4n) is 2.62. The van der Waals surface area contributed by atoms with Crippen molar-refractivity contribution in [2.45, 2.75) is 25.4 Å². The number of ether oxygens (including phenoxy) is 2. The van der Waals surface area contributed by atoms with E-state index in [4.69, 9.17) is 15.2 Å². The van der Waals surface area contributed by atoms with Crippen LogP contribution >= 0.6 is 0 Å². The van der Waals surface area contributed by atoms with Gasteiger partial charge in [-0.3, -0.25) is 4.68 Å². The van der Waals surface area contributed by atoms with Crippen LogP contribution in [0.1, 0.15) is 24.6 Å². The van der Waals surface area contributed by atoms with Crippen molar-refractivity contribution in [3.63, 3.8) is 0 Å². The number of likely N-dealkylation sites (N-methyl/N-ethyl adjacent to an activating group) is 1. The molecule has 0 bridgehead atoms. The SMILES string of the molecule is COc1cnn(CCN(C)C)c1C(N)C1CCCOC1. The van der Waals surface area contributed by atoms with Gasteiger partial charge in [0.1, 0.15) is 0 Å². The fraction of sp³-hybridized carbons (Fsp3) is 0.786. The van der Waals surface area contributed by atoms with E-state index in [0.717, 1.165) is 50.6 Å². The quantitative estimate of drug-likeness (QED) is 0.839. The minimum absolute atomic E-state index is 0.0880. The van der Waals surface area contributed by atoms with Crippen LogP contribution in [0.4, 0.5) is 0 Å². The third kappa shape index (κ3) is 3.50. The number of nitrogens with two attached hydrogens (primary N) is 1. The summed E-state index contributed by atoms with van der Waals surface area (Å²) < 4.78 is 13.0. The summed E-state index contributed by atoms with van der Waals surface area (Å²) in [5.74, 6) is 1.12. The lowest BCUT2D eigenvalue weighted by Crippen LogP contribution is -2.32. The Labute approximate surface area is 120 Å². The Bertz CT molecular complexity index is 413. The van der Waals surface area contributed by atoms with E-state index in [1.807, 2.05) is 4.68 Å². The summed E-state index contributed by atoms with van der Waals surface area (Å²) in [5.41, 5.74) is 7.45. The van der Waals surface area contributed by atoms with E-state index in [-0.39, 0.29) is 6.04 Å². The van der Waals surface area contributed by atoms with Gasteiger partial charge in [-0.05, 0) is 26.9 Å². The van der Waals surface area contributed by atoms with Gasteiger partial charge in [-0.1, -0.05) is 0 Å². The maximum absolute atomic E-state index is 6.46. The van der Waals surface area contributed by atoms with Crippen molar-refractivity contribution >= 4 is 0 Å². The highest BCUT2D eigenvalue weighted by Gasteiger charge is 2.28. The van der Waals surface area contributed by atoms with Crippen molar-refractivity contribution < 1.29 is 9.47 Å². The first-order chi connectivity index (χ1) is 9.63. The molecule has 2 heterocycles. The van der Waals surface area contributed by atoms with E-state index in [2.05, 4.69) is 24.1 Å². The zero-order chi connectivity index (χ0) is 14.5. The van der Waals surface area contributed by atoms with Crippen molar-refractivity contribution in [2.24, 2.45) is 11.7 Å². The van der Waals surface area contributed by atoms with Crippen LogP contribution < -0.4 is 10.5 Å². The maximum Gasteiger partial charge on any atom is 0.161 e. The van der Waals surface area contributed by atoms with Crippen molar-refractivity contribution in [1.82, 2.24) is 14.7 Å². The molecule has 1 aromatic rings. The predicted octanol–water partition coefficient (Wildman–Crippen LogP) is 0.880. The average molecular weight is 282 g/mol. The largest absolute Gasteiger partial charge is 0.493 e. The summed E-state index contributed by atoms with van der Waals surface area (Å²) in [7, 11) is 5.77. The normalized spacial score (nSPS) is 21.1. The van der Waals surface area contributed by atoms with Crippen molar-refractivity contribution in [2.75, 3.05) is 41.0 Å². The van der Waals surface area contributed by atoms with Gasteiger partial charge in [0.2, 0.25) is 0 Å². The van der Waals surface area contributed by atoms with E-state index in [9.17, 15) is 0 Å². The highest BCUT2D eigenvalue weighted by atomic mass is 16.5. The average Bonchev–Trinajstić information content (AvgIpc) is 2.88. The molecule has 2 atom stereocenters. The van der Waals surface area contributed by atoms with Gasteiger partial charge < -0.3 is 20.1 Å². The third-order valence-electron chi connectivity index (χ3n) is 3.84. The smallest absolute Gasteiger partial charge is 0.161 e. The number of methoxy groups -OCH3 is 1. The topological polar surface area (TPSA) is 65.5 Å². The lowest BCUT2D eigenvalue weighted by atomic mass is 9.92. The Morgan fingerprint density at radius 1 is 1.60 bits per heavy atom. The molecule has 2 rings (SSSR count). The van der Waals surface area contributed by atoms with Crippen molar-refractivity contribution in [3.8, 4) is 5.75 Å². The first-order valence-electron chi connectivity index (χ1n) is 7.21. The van der Waals surface area contributed by atoms with Crippen LogP contribution in [0.5, 0.6) is 5.75 Å². The zero-order valence-corrected chi connectivity index (χ0v) is 12.7. The summed E-state index contributed by atoms with van der Waals surface area (Å²) in [5, 5.41) is 4.42. The maximum atomic E-state index is 6.46. The molecule has 2 unspecified atom stereocenters. The molecule has 0 radical (unpaired) electrons. The predicted molar refractivity (Wildman–Crippen MR) is 77.8 cm³/mol. The van der Waals surface area contributed by atoms with E-state index in [0.29, 0.717) is 5.92 Å². The highest BCUT2D eigenvalue weighted by molar-refractivity contribution is 5.28. The molecule has 6 heteroatoms. The molecule has 1 saturated heterocycles. The van der Waals surface area contributed by atoms with Crippen LogP contribution in [-0.4, -0.2) is 55.6 Å².